The van der Waals surface area contributed by atoms with Crippen LogP contribution < -0.4 is 4.84 Å². The van der Waals surface area contributed by atoms with E-state index < -0.39 is 0 Å². The third-order valence-corrected chi connectivity index (χ3v) is 1.35. The van der Waals surface area contributed by atoms with Gasteiger partial charge in [0.15, 0.2) is 12.0 Å². The lowest BCUT2D eigenvalue weighted by atomic mass is 10.2. The van der Waals surface area contributed by atoms with Crippen molar-refractivity contribution in [3.8, 4) is 5.75 Å². The lowest BCUT2D eigenvalue weighted by molar-refractivity contribution is 0.109. The SMILES string of the molecule is O=Cc1ccccc1ON(Cl)Cl. The molecule has 0 saturated heterocycles. The molecule has 0 heterocycles. The molecule has 0 atom stereocenters. The summed E-state index contributed by atoms with van der Waals surface area (Å²) in [6.07, 6.45) is 0.659. The fourth-order valence-corrected chi connectivity index (χ4v) is 0.884. The maximum Gasteiger partial charge on any atom is 0.161 e. The van der Waals surface area contributed by atoms with E-state index in [1.165, 1.54) is 0 Å². The molecular formula is C7H5Cl2NO2. The minimum Gasteiger partial charge on any atom is -0.374 e. The number of hydrogen-bond donors (Lipinski definition) is 0. The van der Waals surface area contributed by atoms with E-state index in [0.29, 0.717) is 21.7 Å². The van der Waals surface area contributed by atoms with Gasteiger partial charge in [0.1, 0.15) is 0 Å². The first-order valence-electron chi connectivity index (χ1n) is 3.08. The van der Waals surface area contributed by atoms with Gasteiger partial charge in [-0.1, -0.05) is 12.1 Å². The molecule has 0 radical (unpaired) electrons. The van der Waals surface area contributed by atoms with Crippen molar-refractivity contribution in [2.45, 2.75) is 0 Å². The second-order valence-electron chi connectivity index (χ2n) is 1.95. The van der Waals surface area contributed by atoms with Crippen LogP contribution in [0.4, 0.5) is 0 Å². The van der Waals surface area contributed by atoms with Crippen LogP contribution in [-0.4, -0.2) is 10.4 Å². The Labute approximate surface area is 79.6 Å². The normalized spacial score (nSPS) is 9.92. The Balaban J connectivity index is 2.89. The highest BCUT2D eigenvalue weighted by atomic mass is 35.5. The molecule has 5 heteroatoms. The number of para-hydroxylation sites is 1. The topological polar surface area (TPSA) is 29.5 Å². The van der Waals surface area contributed by atoms with Gasteiger partial charge in [0.05, 0.1) is 5.56 Å². The molecule has 0 aliphatic heterocycles. The molecule has 1 aromatic rings. The summed E-state index contributed by atoms with van der Waals surface area (Å²) in [6.45, 7) is 0. The fourth-order valence-electron chi connectivity index (χ4n) is 0.735. The molecule has 0 saturated carbocycles. The smallest absolute Gasteiger partial charge is 0.161 e. The van der Waals surface area contributed by atoms with Crippen LogP contribution in [0.15, 0.2) is 24.3 Å². The van der Waals surface area contributed by atoms with Gasteiger partial charge >= 0.3 is 0 Å². The molecule has 0 aromatic heterocycles. The van der Waals surface area contributed by atoms with E-state index in [0.717, 1.165) is 0 Å². The predicted octanol–water partition coefficient (Wildman–Crippen LogP) is 2.40. The Bertz CT molecular complexity index is 278. The van der Waals surface area contributed by atoms with Crippen molar-refractivity contribution in [1.29, 1.82) is 0 Å². The lowest BCUT2D eigenvalue weighted by Gasteiger charge is -2.07. The summed E-state index contributed by atoms with van der Waals surface area (Å²) in [4.78, 5) is 15.2. The molecule has 0 aliphatic rings. The van der Waals surface area contributed by atoms with Gasteiger partial charge in [0.2, 0.25) is 0 Å². The fraction of sp³-hybridized carbons (Fsp3) is 0. The van der Waals surface area contributed by atoms with Crippen molar-refractivity contribution >= 4 is 29.8 Å². The number of carbonyl (C=O) groups excluding carboxylic acids is 1. The summed E-state index contributed by atoms with van der Waals surface area (Å²) < 4.78 is 0.488. The van der Waals surface area contributed by atoms with Crippen LogP contribution in [0, 0.1) is 0 Å². The van der Waals surface area contributed by atoms with Gasteiger partial charge in [-0.25, -0.2) is 0 Å². The third-order valence-electron chi connectivity index (χ3n) is 1.21. The van der Waals surface area contributed by atoms with Crippen molar-refractivity contribution in [1.82, 2.24) is 4.10 Å². The maximum atomic E-state index is 10.4. The number of hydrogen-bond acceptors (Lipinski definition) is 3. The average molecular weight is 206 g/mol. The summed E-state index contributed by atoms with van der Waals surface area (Å²) in [5.41, 5.74) is 0.392. The van der Waals surface area contributed by atoms with E-state index >= 15 is 0 Å². The Morgan fingerprint density at radius 1 is 1.33 bits per heavy atom. The standard InChI is InChI=1S/C7H5Cl2NO2/c8-10(9)12-7-4-2-1-3-6(7)5-11/h1-5H. The van der Waals surface area contributed by atoms with Crippen LogP contribution in [0.3, 0.4) is 0 Å². The van der Waals surface area contributed by atoms with Crippen molar-refractivity contribution < 1.29 is 9.63 Å². The number of nitrogens with zero attached hydrogens (tertiary/aromatic N) is 1. The molecule has 64 valence electrons. The highest BCUT2D eigenvalue weighted by Crippen LogP contribution is 2.18. The van der Waals surface area contributed by atoms with E-state index in [1.807, 2.05) is 0 Å². The van der Waals surface area contributed by atoms with Gasteiger partial charge in [0.25, 0.3) is 0 Å². The molecule has 1 rings (SSSR count). The van der Waals surface area contributed by atoms with Crippen molar-refractivity contribution in [3.05, 3.63) is 29.8 Å². The zero-order valence-electron chi connectivity index (χ0n) is 5.91. The van der Waals surface area contributed by atoms with Gasteiger partial charge in [-0.05, 0) is 12.1 Å². The first-order chi connectivity index (χ1) is 5.74. The second kappa shape index (κ2) is 4.30. The molecule has 3 nitrogen and oxygen atoms in total. The molecule has 0 fully saturated rings. The van der Waals surface area contributed by atoms with E-state index in [9.17, 15) is 4.79 Å². The molecular weight excluding hydrogens is 201 g/mol. The van der Waals surface area contributed by atoms with Crippen LogP contribution >= 0.6 is 23.6 Å². The summed E-state index contributed by atoms with van der Waals surface area (Å²) in [5, 5.41) is 0. The third kappa shape index (κ3) is 2.37. The largest absolute Gasteiger partial charge is 0.374 e. The number of aldehydes is 1. The van der Waals surface area contributed by atoms with E-state index in [2.05, 4.69) is 0 Å². The van der Waals surface area contributed by atoms with E-state index in [4.69, 9.17) is 28.4 Å². The van der Waals surface area contributed by atoms with Gasteiger partial charge in [0, 0.05) is 27.7 Å². The van der Waals surface area contributed by atoms with Crippen LogP contribution in [0.2, 0.25) is 0 Å². The van der Waals surface area contributed by atoms with E-state index in [-0.39, 0.29) is 0 Å². The van der Waals surface area contributed by atoms with Crippen LogP contribution in [-0.2, 0) is 0 Å². The maximum absolute atomic E-state index is 10.4. The monoisotopic (exact) mass is 205 g/mol. The molecule has 12 heavy (non-hydrogen) atoms. The second-order valence-corrected chi connectivity index (χ2v) is 2.74. The first kappa shape index (κ1) is 9.32. The predicted molar refractivity (Wildman–Crippen MR) is 46.0 cm³/mol. The van der Waals surface area contributed by atoms with Crippen LogP contribution in [0.25, 0.3) is 0 Å². The van der Waals surface area contributed by atoms with Gasteiger partial charge in [-0.15, -0.1) is 0 Å². The van der Waals surface area contributed by atoms with Gasteiger partial charge in [-0.2, -0.15) is 0 Å². The number of rotatable bonds is 3. The van der Waals surface area contributed by atoms with Crippen molar-refractivity contribution in [2.24, 2.45) is 0 Å². The number of halogens is 2. The Hall–Kier alpha value is -0.770. The molecule has 1 aromatic carbocycles. The first-order valence-corrected chi connectivity index (χ1v) is 3.75. The Kier molecular flexibility index (Phi) is 3.34. The Morgan fingerprint density at radius 2 is 2.00 bits per heavy atom. The lowest BCUT2D eigenvalue weighted by Crippen LogP contribution is -2.04. The average Bonchev–Trinajstić information content (AvgIpc) is 2.04. The number of benzene rings is 1. The zero-order valence-corrected chi connectivity index (χ0v) is 7.42. The summed E-state index contributed by atoms with van der Waals surface area (Å²) in [6, 6.07) is 6.60. The minimum absolute atomic E-state index is 0.317. The highest BCUT2D eigenvalue weighted by Gasteiger charge is 2.04. The van der Waals surface area contributed by atoms with Crippen LogP contribution in [0.5, 0.6) is 5.75 Å². The quantitative estimate of drug-likeness (QED) is 0.432. The zero-order chi connectivity index (χ0) is 8.97. The van der Waals surface area contributed by atoms with E-state index in [1.54, 1.807) is 24.3 Å². The van der Waals surface area contributed by atoms with Crippen molar-refractivity contribution in [2.75, 3.05) is 0 Å². The Morgan fingerprint density at radius 3 is 2.58 bits per heavy atom. The molecule has 0 bridgehead atoms. The number of carbonyl (C=O) groups is 1. The molecule has 0 amide bonds. The van der Waals surface area contributed by atoms with Gasteiger partial charge in [-0.3, -0.25) is 4.79 Å². The molecule has 0 N–H and O–H groups in total. The molecule has 0 aliphatic carbocycles. The van der Waals surface area contributed by atoms with Crippen LogP contribution in [0.1, 0.15) is 10.4 Å². The van der Waals surface area contributed by atoms with Gasteiger partial charge < -0.3 is 4.84 Å². The molecule has 0 unspecified atom stereocenters. The highest BCUT2D eigenvalue weighted by molar-refractivity contribution is 6.32. The summed E-state index contributed by atoms with van der Waals surface area (Å²) in [5.74, 6) is 0.317. The summed E-state index contributed by atoms with van der Waals surface area (Å²) in [7, 11) is 0. The molecule has 0 spiro atoms. The minimum atomic E-state index is 0.317. The summed E-state index contributed by atoms with van der Waals surface area (Å²) >= 11 is 10.4. The van der Waals surface area contributed by atoms with Crippen molar-refractivity contribution in [3.63, 3.8) is 0 Å².